The summed E-state index contributed by atoms with van der Waals surface area (Å²) in [7, 11) is -2.03. The van der Waals surface area contributed by atoms with Gasteiger partial charge in [-0.15, -0.1) is 0 Å². The van der Waals surface area contributed by atoms with E-state index in [2.05, 4.69) is 72.8 Å². The molecule has 5 heteroatoms. The summed E-state index contributed by atoms with van der Waals surface area (Å²) in [4.78, 5) is 24.6. The Morgan fingerprint density at radius 2 is 1.06 bits per heavy atom. The third kappa shape index (κ3) is 5.89. The highest BCUT2D eigenvalue weighted by Gasteiger charge is 2.44. The van der Waals surface area contributed by atoms with Gasteiger partial charge in [0.05, 0.1) is 19.4 Å². The Morgan fingerprint density at radius 3 is 1.41 bits per heavy atom. The van der Waals surface area contributed by atoms with Gasteiger partial charge >= 0.3 is 11.9 Å². The summed E-state index contributed by atoms with van der Waals surface area (Å²) < 4.78 is 10.1. The van der Waals surface area contributed by atoms with Crippen LogP contribution < -0.4 is 15.9 Å². The molecule has 3 aromatic carbocycles. The summed E-state index contributed by atoms with van der Waals surface area (Å²) in [5, 5.41) is 3.78. The third-order valence-electron chi connectivity index (χ3n) is 5.36. The molecule has 0 saturated carbocycles. The molecule has 0 aliphatic heterocycles. The van der Waals surface area contributed by atoms with E-state index >= 15 is 0 Å². The standard InChI is InChI=1S/C29H30O4P/c1-3-32-28(30)27(29(31)33-4-2)22-14-15-23-34(24-16-8-5-9-17-24,25-18-10-6-11-19-25)26-20-12-7-13-21-26/h5-22H,3-4,23H2,1-2H3/q+1/b15-14+. The van der Waals surface area contributed by atoms with E-state index in [1.165, 1.54) is 22.0 Å². The SMILES string of the molecule is CCOC(=O)C(=C/C=C/C[P+](c1ccccc1)(c1ccccc1)c1ccccc1)C(=O)OCC. The number of hydrogen-bond donors (Lipinski definition) is 0. The van der Waals surface area contributed by atoms with Crippen molar-refractivity contribution in [1.29, 1.82) is 0 Å². The van der Waals surface area contributed by atoms with Gasteiger partial charge in [-0.2, -0.15) is 0 Å². The van der Waals surface area contributed by atoms with Crippen molar-refractivity contribution < 1.29 is 19.1 Å². The molecule has 0 bridgehead atoms. The van der Waals surface area contributed by atoms with Gasteiger partial charge in [-0.05, 0) is 62.4 Å². The van der Waals surface area contributed by atoms with Crippen LogP contribution in [-0.4, -0.2) is 31.3 Å². The van der Waals surface area contributed by atoms with Crippen molar-refractivity contribution in [2.45, 2.75) is 13.8 Å². The minimum Gasteiger partial charge on any atom is -0.462 e. The van der Waals surface area contributed by atoms with Crippen molar-refractivity contribution >= 4 is 35.1 Å². The minimum atomic E-state index is -2.03. The summed E-state index contributed by atoms with van der Waals surface area (Å²) in [6.07, 6.45) is 6.00. The van der Waals surface area contributed by atoms with E-state index in [1.54, 1.807) is 19.9 Å². The minimum absolute atomic E-state index is 0.108. The molecule has 4 nitrogen and oxygen atoms in total. The van der Waals surface area contributed by atoms with E-state index in [9.17, 15) is 9.59 Å². The number of carbonyl (C=O) groups excluding carboxylic acids is 2. The van der Waals surface area contributed by atoms with Gasteiger partial charge in [-0.3, -0.25) is 0 Å². The molecule has 0 N–H and O–H groups in total. The zero-order valence-electron chi connectivity index (χ0n) is 19.6. The number of esters is 2. The fourth-order valence-electron chi connectivity index (χ4n) is 3.83. The zero-order chi connectivity index (χ0) is 24.2. The Hall–Kier alpha value is -3.49. The molecule has 0 heterocycles. The zero-order valence-corrected chi connectivity index (χ0v) is 20.5. The van der Waals surface area contributed by atoms with Crippen molar-refractivity contribution in [2.75, 3.05) is 19.4 Å². The molecule has 0 fully saturated rings. The van der Waals surface area contributed by atoms with Crippen LogP contribution in [0.4, 0.5) is 0 Å². The maximum Gasteiger partial charge on any atom is 0.345 e. The van der Waals surface area contributed by atoms with Crippen molar-refractivity contribution in [3.8, 4) is 0 Å². The molecule has 0 radical (unpaired) electrons. The molecule has 3 aromatic rings. The van der Waals surface area contributed by atoms with Gasteiger partial charge in [-0.1, -0.05) is 60.7 Å². The molecule has 0 aliphatic carbocycles. The monoisotopic (exact) mass is 473 g/mol. The molecule has 0 unspecified atom stereocenters. The predicted octanol–water partition coefficient (Wildman–Crippen LogP) is 4.59. The van der Waals surface area contributed by atoms with E-state index in [1.807, 2.05) is 24.3 Å². The van der Waals surface area contributed by atoms with Gasteiger partial charge in [0.15, 0.2) is 0 Å². The fraction of sp³-hybridized carbons (Fsp3) is 0.172. The van der Waals surface area contributed by atoms with Crippen LogP contribution in [0.1, 0.15) is 13.8 Å². The van der Waals surface area contributed by atoms with E-state index in [0.29, 0.717) is 0 Å². The van der Waals surface area contributed by atoms with Gasteiger partial charge in [-0.25, -0.2) is 9.59 Å². The summed E-state index contributed by atoms with van der Waals surface area (Å²) in [6.45, 7) is 3.78. The van der Waals surface area contributed by atoms with Crippen LogP contribution in [0.15, 0.2) is 115 Å². The smallest absolute Gasteiger partial charge is 0.345 e. The van der Waals surface area contributed by atoms with Gasteiger partial charge in [0.1, 0.15) is 28.7 Å². The van der Waals surface area contributed by atoms with Crippen LogP contribution in [0.3, 0.4) is 0 Å². The van der Waals surface area contributed by atoms with Crippen LogP contribution in [0.25, 0.3) is 0 Å². The predicted molar refractivity (Wildman–Crippen MR) is 141 cm³/mol. The van der Waals surface area contributed by atoms with E-state index in [4.69, 9.17) is 9.47 Å². The lowest BCUT2D eigenvalue weighted by atomic mass is 10.2. The van der Waals surface area contributed by atoms with Gasteiger partial charge in [0.25, 0.3) is 0 Å². The topological polar surface area (TPSA) is 52.6 Å². The first-order valence-corrected chi connectivity index (χ1v) is 13.4. The van der Waals surface area contributed by atoms with Crippen LogP contribution >= 0.6 is 7.26 Å². The molecule has 0 aliphatic rings. The highest BCUT2D eigenvalue weighted by atomic mass is 31.2. The number of benzene rings is 3. The Kier molecular flexibility index (Phi) is 9.37. The first-order chi connectivity index (χ1) is 16.6. The van der Waals surface area contributed by atoms with Gasteiger partial charge in [0.2, 0.25) is 0 Å². The quantitative estimate of drug-likeness (QED) is 0.108. The molecule has 3 rings (SSSR count). The second-order valence-electron chi connectivity index (χ2n) is 7.45. The van der Waals surface area contributed by atoms with Gasteiger partial charge < -0.3 is 9.47 Å². The van der Waals surface area contributed by atoms with Crippen molar-refractivity contribution in [3.05, 3.63) is 115 Å². The van der Waals surface area contributed by atoms with Crippen LogP contribution in [0.5, 0.6) is 0 Å². The Bertz CT molecular complexity index is 1010. The maximum absolute atomic E-state index is 12.3. The number of allylic oxidation sites excluding steroid dienone is 3. The average molecular weight is 474 g/mol. The second-order valence-corrected chi connectivity index (χ2v) is 11.0. The summed E-state index contributed by atoms with van der Waals surface area (Å²) in [6, 6.07) is 31.6. The highest BCUT2D eigenvalue weighted by molar-refractivity contribution is 7.95. The van der Waals surface area contributed by atoms with Crippen LogP contribution in [0, 0.1) is 0 Å². The molecule has 0 spiro atoms. The summed E-state index contributed by atoms with van der Waals surface area (Å²) >= 11 is 0. The van der Waals surface area contributed by atoms with Gasteiger partial charge in [0, 0.05) is 0 Å². The lowest BCUT2D eigenvalue weighted by Gasteiger charge is -2.26. The second kappa shape index (κ2) is 12.7. The molecule has 0 atom stereocenters. The number of hydrogen-bond acceptors (Lipinski definition) is 4. The molecule has 0 saturated heterocycles. The van der Waals surface area contributed by atoms with Crippen molar-refractivity contribution in [3.63, 3.8) is 0 Å². The lowest BCUT2D eigenvalue weighted by Crippen LogP contribution is -2.32. The average Bonchev–Trinajstić information content (AvgIpc) is 2.88. The summed E-state index contributed by atoms with van der Waals surface area (Å²) in [5.74, 6) is -1.36. The number of rotatable bonds is 10. The molecule has 0 aromatic heterocycles. The highest BCUT2D eigenvalue weighted by Crippen LogP contribution is 2.55. The molecule has 0 amide bonds. The Balaban J connectivity index is 2.07. The third-order valence-corrected chi connectivity index (χ3v) is 9.66. The first kappa shape index (κ1) is 25.1. The fourth-order valence-corrected chi connectivity index (χ4v) is 7.84. The van der Waals surface area contributed by atoms with Crippen molar-refractivity contribution in [2.24, 2.45) is 0 Å². The van der Waals surface area contributed by atoms with Crippen molar-refractivity contribution in [1.82, 2.24) is 0 Å². The van der Waals surface area contributed by atoms with Crippen LogP contribution in [-0.2, 0) is 19.1 Å². The largest absolute Gasteiger partial charge is 0.462 e. The molecular weight excluding hydrogens is 443 g/mol. The summed E-state index contributed by atoms with van der Waals surface area (Å²) in [5.41, 5.74) is -0.108. The Labute approximate surface area is 202 Å². The van der Waals surface area contributed by atoms with E-state index in [-0.39, 0.29) is 18.8 Å². The maximum atomic E-state index is 12.3. The van der Waals surface area contributed by atoms with E-state index in [0.717, 1.165) is 6.16 Å². The lowest BCUT2D eigenvalue weighted by molar-refractivity contribution is -0.146. The van der Waals surface area contributed by atoms with E-state index < -0.39 is 19.2 Å². The number of carbonyl (C=O) groups is 2. The molecular formula is C29H30O4P+. The van der Waals surface area contributed by atoms with Crippen LogP contribution in [0.2, 0.25) is 0 Å². The number of ether oxygens (including phenoxy) is 2. The Morgan fingerprint density at radius 1 is 0.676 bits per heavy atom. The molecule has 34 heavy (non-hydrogen) atoms. The molecule has 174 valence electrons. The normalized spacial score (nSPS) is 11.1. The first-order valence-electron chi connectivity index (χ1n) is 11.4.